The molecule has 20 heavy (non-hydrogen) atoms. The molecule has 0 radical (unpaired) electrons. The van der Waals surface area contributed by atoms with Crippen molar-refractivity contribution in [1.82, 2.24) is 14.9 Å². The van der Waals surface area contributed by atoms with Crippen molar-refractivity contribution in [3.05, 3.63) is 43.0 Å². The summed E-state index contributed by atoms with van der Waals surface area (Å²) < 4.78 is 1.90. The third kappa shape index (κ3) is 4.20. The highest BCUT2D eigenvalue weighted by atomic mass is 16.1. The normalized spacial score (nSPS) is 10.8. The molecule has 1 aromatic heterocycles. The van der Waals surface area contributed by atoms with Gasteiger partial charge < -0.3 is 15.2 Å². The van der Waals surface area contributed by atoms with Gasteiger partial charge in [-0.1, -0.05) is 19.9 Å². The van der Waals surface area contributed by atoms with E-state index in [1.165, 1.54) is 0 Å². The number of amides is 1. The van der Waals surface area contributed by atoms with E-state index in [4.69, 9.17) is 0 Å². The van der Waals surface area contributed by atoms with Crippen LogP contribution in [0.4, 0.5) is 5.69 Å². The first kappa shape index (κ1) is 14.3. The molecule has 0 bridgehead atoms. The third-order valence-corrected chi connectivity index (χ3v) is 2.84. The number of carbonyl (C=O) groups is 1. The van der Waals surface area contributed by atoms with E-state index in [1.54, 1.807) is 12.5 Å². The van der Waals surface area contributed by atoms with Crippen LogP contribution in [0.3, 0.4) is 0 Å². The maximum atomic E-state index is 11.8. The smallest absolute Gasteiger partial charge is 0.225 e. The number of benzene rings is 1. The molecule has 0 saturated heterocycles. The molecular weight excluding hydrogens is 252 g/mol. The number of imidazole rings is 1. The average Bonchev–Trinajstić information content (AvgIpc) is 2.92. The second-order valence-corrected chi connectivity index (χ2v) is 4.93. The average molecular weight is 272 g/mol. The van der Waals surface area contributed by atoms with Gasteiger partial charge in [0.2, 0.25) is 5.91 Å². The maximum absolute atomic E-state index is 11.8. The molecule has 1 amide bonds. The number of anilines is 1. The fourth-order valence-corrected chi connectivity index (χ4v) is 1.85. The van der Waals surface area contributed by atoms with E-state index < -0.39 is 0 Å². The zero-order valence-corrected chi connectivity index (χ0v) is 11.8. The van der Waals surface area contributed by atoms with Crippen molar-refractivity contribution in [2.75, 3.05) is 11.9 Å². The summed E-state index contributed by atoms with van der Waals surface area (Å²) in [4.78, 5) is 15.8. The number of aromatic nitrogens is 2. The Morgan fingerprint density at radius 3 is 2.95 bits per heavy atom. The minimum absolute atomic E-state index is 0.0148. The topological polar surface area (TPSA) is 59.0 Å². The van der Waals surface area contributed by atoms with E-state index >= 15 is 0 Å². The fraction of sp³-hybridized carbons (Fsp3) is 0.333. The Bertz CT molecular complexity index is 549. The van der Waals surface area contributed by atoms with Crippen LogP contribution in [0.5, 0.6) is 0 Å². The van der Waals surface area contributed by atoms with Gasteiger partial charge >= 0.3 is 0 Å². The van der Waals surface area contributed by atoms with E-state index in [9.17, 15) is 4.79 Å². The van der Waals surface area contributed by atoms with Crippen molar-refractivity contribution in [2.45, 2.75) is 26.3 Å². The number of nitrogens with one attached hydrogen (secondary N) is 2. The summed E-state index contributed by atoms with van der Waals surface area (Å²) in [6, 6.07) is 8.09. The molecule has 5 nitrogen and oxygen atoms in total. The van der Waals surface area contributed by atoms with Crippen LogP contribution in [-0.2, 0) is 4.79 Å². The highest BCUT2D eigenvalue weighted by Crippen LogP contribution is 2.14. The van der Waals surface area contributed by atoms with Crippen LogP contribution in [-0.4, -0.2) is 28.0 Å². The van der Waals surface area contributed by atoms with Crippen molar-refractivity contribution in [2.24, 2.45) is 0 Å². The number of nitrogens with zero attached hydrogens (tertiary/aromatic N) is 2. The number of rotatable bonds is 6. The van der Waals surface area contributed by atoms with E-state index in [0.29, 0.717) is 19.0 Å². The van der Waals surface area contributed by atoms with Crippen molar-refractivity contribution >= 4 is 11.6 Å². The quantitative estimate of drug-likeness (QED) is 0.847. The molecule has 1 heterocycles. The standard InChI is InChI=1S/C15H20N4O/c1-12(2)17-7-6-15(20)18-13-4-3-5-14(10-13)19-9-8-16-11-19/h3-5,8-12,17H,6-7H2,1-2H3,(H,18,20). The molecule has 106 valence electrons. The lowest BCUT2D eigenvalue weighted by Crippen LogP contribution is -2.27. The Morgan fingerprint density at radius 2 is 2.25 bits per heavy atom. The van der Waals surface area contributed by atoms with Gasteiger partial charge in [-0.15, -0.1) is 0 Å². The minimum Gasteiger partial charge on any atom is -0.326 e. The monoisotopic (exact) mass is 272 g/mol. The number of hydrogen-bond donors (Lipinski definition) is 2. The summed E-state index contributed by atoms with van der Waals surface area (Å²) in [5.74, 6) is 0.0148. The second kappa shape index (κ2) is 6.86. The van der Waals surface area contributed by atoms with E-state index in [2.05, 4.69) is 29.5 Å². The van der Waals surface area contributed by atoms with E-state index in [1.807, 2.05) is 35.0 Å². The third-order valence-electron chi connectivity index (χ3n) is 2.84. The van der Waals surface area contributed by atoms with Gasteiger partial charge in [0.15, 0.2) is 0 Å². The molecule has 0 fully saturated rings. The molecule has 0 aliphatic heterocycles. The van der Waals surface area contributed by atoms with Gasteiger partial charge in [-0.2, -0.15) is 0 Å². The van der Waals surface area contributed by atoms with Gasteiger partial charge in [-0.3, -0.25) is 4.79 Å². The van der Waals surface area contributed by atoms with Crippen molar-refractivity contribution < 1.29 is 4.79 Å². The van der Waals surface area contributed by atoms with E-state index in [0.717, 1.165) is 11.4 Å². The summed E-state index contributed by atoms with van der Waals surface area (Å²) in [6.07, 6.45) is 5.79. The fourth-order valence-electron chi connectivity index (χ4n) is 1.85. The first-order valence-electron chi connectivity index (χ1n) is 6.77. The van der Waals surface area contributed by atoms with Crippen LogP contribution in [0.15, 0.2) is 43.0 Å². The molecule has 0 spiro atoms. The molecule has 0 aliphatic carbocycles. The Labute approximate surface area is 119 Å². The van der Waals surface area contributed by atoms with Crippen molar-refractivity contribution in [1.29, 1.82) is 0 Å². The molecule has 5 heteroatoms. The summed E-state index contributed by atoms with van der Waals surface area (Å²) in [5.41, 5.74) is 1.77. The van der Waals surface area contributed by atoms with Crippen LogP contribution < -0.4 is 10.6 Å². The van der Waals surface area contributed by atoms with Crippen LogP contribution in [0.25, 0.3) is 5.69 Å². The first-order chi connectivity index (χ1) is 9.65. The van der Waals surface area contributed by atoms with Gasteiger partial charge in [0.25, 0.3) is 0 Å². The molecule has 1 aromatic carbocycles. The zero-order valence-electron chi connectivity index (χ0n) is 11.8. The SMILES string of the molecule is CC(C)NCCC(=O)Nc1cccc(-n2ccnc2)c1. The molecule has 2 N–H and O–H groups in total. The lowest BCUT2D eigenvalue weighted by molar-refractivity contribution is -0.116. The molecular formula is C15H20N4O. The number of hydrogen-bond acceptors (Lipinski definition) is 3. The lowest BCUT2D eigenvalue weighted by Gasteiger charge is -2.09. The minimum atomic E-state index is 0.0148. The van der Waals surface area contributed by atoms with Gasteiger partial charge in [-0.25, -0.2) is 4.98 Å². The van der Waals surface area contributed by atoms with Crippen molar-refractivity contribution in [3.8, 4) is 5.69 Å². The Balaban J connectivity index is 1.93. The highest BCUT2D eigenvalue weighted by molar-refractivity contribution is 5.91. The van der Waals surface area contributed by atoms with Gasteiger partial charge in [0, 0.05) is 42.8 Å². The second-order valence-electron chi connectivity index (χ2n) is 4.93. The first-order valence-corrected chi connectivity index (χ1v) is 6.77. The maximum Gasteiger partial charge on any atom is 0.225 e. The molecule has 0 atom stereocenters. The highest BCUT2D eigenvalue weighted by Gasteiger charge is 2.04. The lowest BCUT2D eigenvalue weighted by atomic mass is 10.2. The van der Waals surface area contributed by atoms with Gasteiger partial charge in [0.1, 0.15) is 0 Å². The van der Waals surface area contributed by atoms with Crippen LogP contribution in [0, 0.1) is 0 Å². The molecule has 2 rings (SSSR count). The Hall–Kier alpha value is -2.14. The van der Waals surface area contributed by atoms with Crippen LogP contribution in [0.2, 0.25) is 0 Å². The van der Waals surface area contributed by atoms with Gasteiger partial charge in [-0.05, 0) is 18.2 Å². The largest absolute Gasteiger partial charge is 0.326 e. The van der Waals surface area contributed by atoms with Crippen LogP contribution in [0.1, 0.15) is 20.3 Å². The molecule has 0 aliphatic rings. The molecule has 0 unspecified atom stereocenters. The summed E-state index contributed by atoms with van der Waals surface area (Å²) in [7, 11) is 0. The van der Waals surface area contributed by atoms with Gasteiger partial charge in [0.05, 0.1) is 6.33 Å². The van der Waals surface area contributed by atoms with Crippen LogP contribution >= 0.6 is 0 Å². The van der Waals surface area contributed by atoms with Crippen molar-refractivity contribution in [3.63, 3.8) is 0 Å². The summed E-state index contributed by atoms with van der Waals surface area (Å²) >= 11 is 0. The predicted molar refractivity (Wildman–Crippen MR) is 79.9 cm³/mol. The Morgan fingerprint density at radius 1 is 1.40 bits per heavy atom. The summed E-state index contributed by atoms with van der Waals surface area (Å²) in [5, 5.41) is 6.13. The Kier molecular flexibility index (Phi) is 4.90. The van der Waals surface area contributed by atoms with E-state index in [-0.39, 0.29) is 5.91 Å². The predicted octanol–water partition coefficient (Wildman–Crippen LogP) is 2.20. The number of carbonyl (C=O) groups excluding carboxylic acids is 1. The summed E-state index contributed by atoms with van der Waals surface area (Å²) in [6.45, 7) is 4.81. The molecule has 2 aromatic rings. The molecule has 0 saturated carbocycles. The zero-order chi connectivity index (χ0) is 14.4.